The molecule has 122 valence electrons. The second-order valence-electron chi connectivity index (χ2n) is 6.02. The van der Waals surface area contributed by atoms with Crippen molar-refractivity contribution >= 4 is 17.2 Å². The minimum Gasteiger partial charge on any atom is -0.354 e. The summed E-state index contributed by atoms with van der Waals surface area (Å²) in [6, 6.07) is 14.9. The molecule has 5 heteroatoms. The molecular formula is C19H20N4S. The molecule has 0 atom stereocenters. The molecule has 2 aromatic heterocycles. The molecule has 4 rings (SSSR count). The number of anilines is 1. The van der Waals surface area contributed by atoms with E-state index in [4.69, 9.17) is 0 Å². The Morgan fingerprint density at radius 2 is 1.79 bits per heavy atom. The number of rotatable bonds is 4. The van der Waals surface area contributed by atoms with Crippen molar-refractivity contribution in [3.05, 3.63) is 65.1 Å². The van der Waals surface area contributed by atoms with Gasteiger partial charge in [-0.3, -0.25) is 4.90 Å². The van der Waals surface area contributed by atoms with Crippen LogP contribution < -0.4 is 4.90 Å². The first-order valence-electron chi connectivity index (χ1n) is 8.24. The Balaban J connectivity index is 1.40. The molecule has 0 spiro atoms. The third kappa shape index (κ3) is 3.47. The van der Waals surface area contributed by atoms with Gasteiger partial charge in [-0.2, -0.15) is 11.3 Å². The second kappa shape index (κ2) is 7.11. The summed E-state index contributed by atoms with van der Waals surface area (Å²) in [5, 5.41) is 4.21. The van der Waals surface area contributed by atoms with Gasteiger partial charge in [-0.25, -0.2) is 9.97 Å². The summed E-state index contributed by atoms with van der Waals surface area (Å²) < 4.78 is 0. The highest BCUT2D eigenvalue weighted by atomic mass is 32.1. The second-order valence-corrected chi connectivity index (χ2v) is 6.80. The van der Waals surface area contributed by atoms with Crippen LogP contribution in [0.5, 0.6) is 0 Å². The Morgan fingerprint density at radius 3 is 2.54 bits per heavy atom. The first kappa shape index (κ1) is 15.3. The van der Waals surface area contributed by atoms with Crippen molar-refractivity contribution in [3.63, 3.8) is 0 Å². The highest BCUT2D eigenvalue weighted by Gasteiger charge is 2.18. The van der Waals surface area contributed by atoms with E-state index in [1.165, 1.54) is 11.1 Å². The topological polar surface area (TPSA) is 32.3 Å². The molecule has 1 saturated heterocycles. The van der Waals surface area contributed by atoms with E-state index in [1.807, 2.05) is 0 Å². The molecule has 0 amide bonds. The van der Waals surface area contributed by atoms with E-state index in [1.54, 1.807) is 17.7 Å². The SMILES string of the molecule is c1ccc(CN2CCN(c3cc(-c4ccsc4)ncn3)CC2)cc1. The quantitative estimate of drug-likeness (QED) is 0.730. The van der Waals surface area contributed by atoms with Crippen LogP contribution >= 0.6 is 11.3 Å². The van der Waals surface area contributed by atoms with Crippen LogP contribution in [0.25, 0.3) is 11.3 Å². The zero-order valence-corrected chi connectivity index (χ0v) is 14.3. The number of piperazine rings is 1. The van der Waals surface area contributed by atoms with Gasteiger partial charge in [0, 0.05) is 49.7 Å². The van der Waals surface area contributed by atoms with Crippen molar-refractivity contribution in [2.45, 2.75) is 6.54 Å². The van der Waals surface area contributed by atoms with Gasteiger partial charge < -0.3 is 4.90 Å². The van der Waals surface area contributed by atoms with Gasteiger partial charge in [0.15, 0.2) is 0 Å². The maximum Gasteiger partial charge on any atom is 0.132 e. The smallest absolute Gasteiger partial charge is 0.132 e. The van der Waals surface area contributed by atoms with Crippen molar-refractivity contribution in [1.29, 1.82) is 0 Å². The van der Waals surface area contributed by atoms with Crippen LogP contribution in [-0.2, 0) is 6.54 Å². The number of hydrogen-bond donors (Lipinski definition) is 0. The molecule has 0 N–H and O–H groups in total. The summed E-state index contributed by atoms with van der Waals surface area (Å²) in [5.41, 5.74) is 3.56. The van der Waals surface area contributed by atoms with Crippen LogP contribution in [0.3, 0.4) is 0 Å². The summed E-state index contributed by atoms with van der Waals surface area (Å²) in [6.45, 7) is 5.16. The number of benzene rings is 1. The molecule has 1 aliphatic heterocycles. The molecule has 3 aromatic rings. The third-order valence-electron chi connectivity index (χ3n) is 4.41. The van der Waals surface area contributed by atoms with E-state index >= 15 is 0 Å². The summed E-state index contributed by atoms with van der Waals surface area (Å²) in [5.74, 6) is 1.03. The van der Waals surface area contributed by atoms with Gasteiger partial charge in [0.1, 0.15) is 12.1 Å². The van der Waals surface area contributed by atoms with Crippen molar-refractivity contribution < 1.29 is 0 Å². The van der Waals surface area contributed by atoms with Crippen molar-refractivity contribution in [2.24, 2.45) is 0 Å². The molecule has 1 aliphatic rings. The standard InChI is InChI=1S/C19H20N4S/c1-2-4-16(5-3-1)13-22-7-9-23(10-8-22)19-12-18(20-15-21-19)17-6-11-24-14-17/h1-6,11-12,14-15H,7-10,13H2. The Kier molecular flexibility index (Phi) is 4.53. The van der Waals surface area contributed by atoms with Gasteiger partial charge in [-0.1, -0.05) is 30.3 Å². The molecule has 1 fully saturated rings. The van der Waals surface area contributed by atoms with Crippen LogP contribution in [-0.4, -0.2) is 41.0 Å². The summed E-state index contributed by atoms with van der Waals surface area (Å²) in [4.78, 5) is 13.8. The normalized spacial score (nSPS) is 15.6. The van der Waals surface area contributed by atoms with E-state index in [0.717, 1.165) is 44.2 Å². The third-order valence-corrected chi connectivity index (χ3v) is 5.10. The lowest BCUT2D eigenvalue weighted by Gasteiger charge is -2.35. The molecule has 0 radical (unpaired) electrons. The summed E-state index contributed by atoms with van der Waals surface area (Å²) >= 11 is 1.70. The Bertz CT molecular complexity index is 765. The minimum atomic E-state index is 1.01. The predicted octanol–water partition coefficient (Wildman–Crippen LogP) is 3.53. The number of hydrogen-bond acceptors (Lipinski definition) is 5. The lowest BCUT2D eigenvalue weighted by atomic mass is 10.2. The average Bonchev–Trinajstić information content (AvgIpc) is 3.18. The highest BCUT2D eigenvalue weighted by Crippen LogP contribution is 2.23. The molecule has 0 saturated carbocycles. The Morgan fingerprint density at radius 1 is 0.958 bits per heavy atom. The number of aromatic nitrogens is 2. The molecule has 24 heavy (non-hydrogen) atoms. The maximum atomic E-state index is 4.48. The maximum absolute atomic E-state index is 4.48. The number of thiophene rings is 1. The molecule has 0 unspecified atom stereocenters. The minimum absolute atomic E-state index is 1.01. The monoisotopic (exact) mass is 336 g/mol. The van der Waals surface area contributed by atoms with Crippen molar-refractivity contribution in [2.75, 3.05) is 31.1 Å². The van der Waals surface area contributed by atoms with Crippen LogP contribution in [0.2, 0.25) is 0 Å². The van der Waals surface area contributed by atoms with Gasteiger partial charge in [-0.15, -0.1) is 0 Å². The van der Waals surface area contributed by atoms with Crippen molar-refractivity contribution in [1.82, 2.24) is 14.9 Å². The van der Waals surface area contributed by atoms with Gasteiger partial charge >= 0.3 is 0 Å². The molecule has 4 nitrogen and oxygen atoms in total. The van der Waals surface area contributed by atoms with E-state index in [9.17, 15) is 0 Å². The lowest BCUT2D eigenvalue weighted by molar-refractivity contribution is 0.249. The molecule has 1 aromatic carbocycles. The number of nitrogens with zero attached hydrogens (tertiary/aromatic N) is 4. The molecule has 0 bridgehead atoms. The predicted molar refractivity (Wildman–Crippen MR) is 99.3 cm³/mol. The van der Waals surface area contributed by atoms with E-state index in [-0.39, 0.29) is 0 Å². The first-order chi connectivity index (χ1) is 11.9. The van der Waals surface area contributed by atoms with Gasteiger partial charge in [0.05, 0.1) is 5.69 Å². The zero-order chi connectivity index (χ0) is 16.2. The van der Waals surface area contributed by atoms with Gasteiger partial charge in [0.25, 0.3) is 0 Å². The van der Waals surface area contributed by atoms with Crippen LogP contribution in [0.15, 0.2) is 59.6 Å². The fourth-order valence-corrected chi connectivity index (χ4v) is 3.71. The summed E-state index contributed by atoms with van der Waals surface area (Å²) in [7, 11) is 0. The molecule has 3 heterocycles. The van der Waals surface area contributed by atoms with Crippen LogP contribution in [0, 0.1) is 0 Å². The zero-order valence-electron chi connectivity index (χ0n) is 13.5. The summed E-state index contributed by atoms with van der Waals surface area (Å²) in [6.07, 6.45) is 1.68. The van der Waals surface area contributed by atoms with E-state index in [2.05, 4.69) is 73.0 Å². The highest BCUT2D eigenvalue weighted by molar-refractivity contribution is 7.08. The molecular weight excluding hydrogens is 316 g/mol. The van der Waals surface area contributed by atoms with Crippen LogP contribution in [0.4, 0.5) is 5.82 Å². The van der Waals surface area contributed by atoms with Gasteiger partial charge in [-0.05, 0) is 17.0 Å². The van der Waals surface area contributed by atoms with Crippen molar-refractivity contribution in [3.8, 4) is 11.3 Å². The van der Waals surface area contributed by atoms with E-state index in [0.29, 0.717) is 0 Å². The Hall–Kier alpha value is -2.24. The molecule has 0 aliphatic carbocycles. The fraction of sp³-hybridized carbons (Fsp3) is 0.263. The average molecular weight is 336 g/mol. The first-order valence-corrected chi connectivity index (χ1v) is 9.18. The van der Waals surface area contributed by atoms with E-state index < -0.39 is 0 Å². The van der Waals surface area contributed by atoms with Crippen LogP contribution in [0.1, 0.15) is 5.56 Å². The Labute approximate surface area is 146 Å². The lowest BCUT2D eigenvalue weighted by Crippen LogP contribution is -2.46. The van der Waals surface area contributed by atoms with Gasteiger partial charge in [0.2, 0.25) is 0 Å². The fourth-order valence-electron chi connectivity index (χ4n) is 3.06. The largest absolute Gasteiger partial charge is 0.354 e.